The molecule has 22 nitrogen and oxygen atoms in total. The van der Waals surface area contributed by atoms with Crippen molar-refractivity contribution in [1.82, 2.24) is 37.2 Å². The highest BCUT2D eigenvalue weighted by Gasteiger charge is 2.28. The molecule has 6 rings (SSSR count). The number of carboxylic acids is 3. The first kappa shape index (κ1) is 61.8. The molecule has 3 atom stereocenters. The first-order valence-corrected chi connectivity index (χ1v) is 27.2. The second-order valence-electron chi connectivity index (χ2n) is 19.3. The molecular weight excluding hydrogens is 1080 g/mol. The third-order valence-corrected chi connectivity index (χ3v) is 13.3. The number of carbonyl (C=O) groups excluding carboxylic acids is 5. The second-order valence-corrected chi connectivity index (χ2v) is 19.7. The lowest BCUT2D eigenvalue weighted by Crippen LogP contribution is -2.55. The molecule has 0 saturated carbocycles. The Balaban J connectivity index is 0.969. The largest absolute Gasteiger partial charge is 0.508 e. The molecule has 0 spiro atoms. The summed E-state index contributed by atoms with van der Waals surface area (Å²) in [5.74, 6) is -5.22. The molecule has 0 bridgehead atoms. The second kappa shape index (κ2) is 31.4. The van der Waals surface area contributed by atoms with Crippen molar-refractivity contribution in [2.45, 2.75) is 95.2 Å². The topological polar surface area (TPSA) is 344 Å². The molecule has 82 heavy (non-hydrogen) atoms. The Kier molecular flexibility index (Phi) is 23.7. The minimum absolute atomic E-state index is 0.0467. The van der Waals surface area contributed by atoms with Crippen LogP contribution in [0, 0.1) is 0 Å². The van der Waals surface area contributed by atoms with Gasteiger partial charge in [-0.1, -0.05) is 86.0 Å². The van der Waals surface area contributed by atoms with Gasteiger partial charge in [0, 0.05) is 92.6 Å². The van der Waals surface area contributed by atoms with E-state index in [0.717, 1.165) is 24.0 Å². The van der Waals surface area contributed by atoms with E-state index < -0.39 is 53.9 Å². The fourth-order valence-corrected chi connectivity index (χ4v) is 9.14. The van der Waals surface area contributed by atoms with Crippen LogP contribution in [0.4, 0.5) is 10.5 Å². The number of anilines is 1. The van der Waals surface area contributed by atoms with Gasteiger partial charge in [-0.05, 0) is 91.0 Å². The Morgan fingerprint density at radius 3 is 1.88 bits per heavy atom. The van der Waals surface area contributed by atoms with Crippen molar-refractivity contribution in [3.05, 3.63) is 142 Å². The molecule has 0 radical (unpaired) electrons. The summed E-state index contributed by atoms with van der Waals surface area (Å²) in [6.45, 7) is 0.595. The van der Waals surface area contributed by atoms with Gasteiger partial charge in [-0.3, -0.25) is 28.8 Å². The zero-order valence-electron chi connectivity index (χ0n) is 44.8. The number of rotatable bonds is 31. The molecule has 4 aromatic rings. The number of phenols is 1. The maximum atomic E-state index is 14.1. The monoisotopic (exact) mass is 1140 g/mol. The fourth-order valence-electron chi connectivity index (χ4n) is 8.92. The number of phenolic OH excluding ortho intramolecular Hbond substituents is 1. The third-order valence-electron chi connectivity index (χ3n) is 13.0. The van der Waals surface area contributed by atoms with E-state index in [1.54, 1.807) is 24.3 Å². The van der Waals surface area contributed by atoms with E-state index in [1.807, 2.05) is 60.7 Å². The molecule has 0 aromatic heterocycles. The first-order valence-electron chi connectivity index (χ1n) is 26.8. The van der Waals surface area contributed by atoms with E-state index in [-0.39, 0.29) is 110 Å². The van der Waals surface area contributed by atoms with Gasteiger partial charge < -0.3 is 67.4 Å². The van der Waals surface area contributed by atoms with Crippen LogP contribution in [0.3, 0.4) is 0 Å². The van der Waals surface area contributed by atoms with Crippen LogP contribution in [-0.4, -0.2) is 117 Å². The molecule has 6 amide bonds. The number of urea groups is 1. The van der Waals surface area contributed by atoms with Gasteiger partial charge in [0.05, 0.1) is 5.56 Å². The van der Waals surface area contributed by atoms with E-state index >= 15 is 0 Å². The summed E-state index contributed by atoms with van der Waals surface area (Å²) in [6.07, 6.45) is 3.50. The van der Waals surface area contributed by atoms with E-state index in [9.17, 15) is 58.5 Å². The van der Waals surface area contributed by atoms with E-state index in [1.165, 1.54) is 30.3 Å². The summed E-state index contributed by atoms with van der Waals surface area (Å²) in [5.41, 5.74) is 3.05. The van der Waals surface area contributed by atoms with Crippen molar-refractivity contribution in [2.75, 3.05) is 31.5 Å². The number of benzene rings is 5. The average Bonchev–Trinajstić information content (AvgIpc) is 3.53. The Hall–Kier alpha value is -9.38. The predicted molar refractivity (Wildman–Crippen MR) is 309 cm³/mol. The molecule has 12 N–H and O–H groups in total. The number of thiocarbonyl (C=S) groups is 1. The number of aromatic hydroxyl groups is 1. The van der Waals surface area contributed by atoms with Crippen molar-refractivity contribution >= 4 is 81.6 Å². The van der Waals surface area contributed by atoms with Gasteiger partial charge >= 0.3 is 23.9 Å². The van der Waals surface area contributed by atoms with E-state index in [4.69, 9.17) is 21.7 Å². The highest BCUT2D eigenvalue weighted by atomic mass is 32.1. The summed E-state index contributed by atoms with van der Waals surface area (Å²) in [5, 5.41) is 61.4. The van der Waals surface area contributed by atoms with Crippen molar-refractivity contribution in [3.8, 4) is 28.2 Å². The van der Waals surface area contributed by atoms with E-state index in [0.29, 0.717) is 53.6 Å². The number of aliphatic carboxylic acids is 2. The summed E-state index contributed by atoms with van der Waals surface area (Å²) in [7, 11) is 0. The van der Waals surface area contributed by atoms with Crippen LogP contribution in [0.1, 0.15) is 85.7 Å². The zero-order chi connectivity index (χ0) is 59.0. The Labute approximate surface area is 477 Å². The molecule has 0 saturated heterocycles. The number of carboxylic acid groups (broad SMARTS) is 3. The van der Waals surface area contributed by atoms with Crippen LogP contribution in [0.2, 0.25) is 0 Å². The molecule has 1 aliphatic heterocycles. The summed E-state index contributed by atoms with van der Waals surface area (Å²) >= 11 is 5.53. The third kappa shape index (κ3) is 19.8. The molecule has 4 aromatic carbocycles. The molecule has 1 heterocycles. The van der Waals surface area contributed by atoms with Gasteiger partial charge in [0.2, 0.25) is 23.6 Å². The Morgan fingerprint density at radius 1 is 0.549 bits per heavy atom. The molecular formula is C59H66N8O14S. The number of fused-ring (bicyclic) bond motifs is 2. The Bertz CT molecular complexity index is 3250. The van der Waals surface area contributed by atoms with Gasteiger partial charge in [-0.25, -0.2) is 14.4 Å². The average molecular weight is 1140 g/mol. The maximum Gasteiger partial charge on any atom is 0.336 e. The lowest BCUT2D eigenvalue weighted by molar-refractivity contribution is -0.139. The van der Waals surface area contributed by atoms with Crippen LogP contribution in [-0.2, 0) is 41.6 Å². The molecule has 0 unspecified atom stereocenters. The van der Waals surface area contributed by atoms with Gasteiger partial charge in [-0.15, -0.1) is 0 Å². The number of aromatic carboxylic acids is 1. The van der Waals surface area contributed by atoms with Crippen molar-refractivity contribution < 1.29 is 63.2 Å². The molecule has 1 aliphatic carbocycles. The quantitative estimate of drug-likeness (QED) is 0.0141. The predicted octanol–water partition coefficient (Wildman–Crippen LogP) is 5.68. The first-order chi connectivity index (χ1) is 39.4. The molecule has 23 heteroatoms. The van der Waals surface area contributed by atoms with E-state index in [2.05, 4.69) is 42.5 Å². The SMILES string of the molecule is O=C(O)CCCNC(=O)N[C@@H](CCC(=O)NCCCCCCCC(=O)N[C@@H](Cc1ccccc1)C(=O)N[C@@H](Cc1ccccc1)C(=O)NCCNC(=S)Nc1ccc(-c2c3ccc(=O)cc-3oc3cc(O)ccc23)c(C(=O)O)c1)C(=O)O. The minimum Gasteiger partial charge on any atom is -0.508 e. The summed E-state index contributed by atoms with van der Waals surface area (Å²) < 4.78 is 5.93. The number of hydrogen-bond donors (Lipinski definition) is 12. The highest BCUT2D eigenvalue weighted by Crippen LogP contribution is 2.42. The van der Waals surface area contributed by atoms with Crippen LogP contribution in [0.15, 0.2) is 124 Å². The minimum atomic E-state index is -1.31. The number of nitrogens with one attached hydrogen (secondary N) is 8. The van der Waals surface area contributed by atoms with Crippen molar-refractivity contribution in [1.29, 1.82) is 0 Å². The number of hydrogen-bond acceptors (Lipinski definition) is 12. The zero-order valence-corrected chi connectivity index (χ0v) is 45.6. The molecule has 0 fully saturated rings. The number of amides is 6. The fraction of sp³-hybridized carbons (Fsp3) is 0.322. The summed E-state index contributed by atoms with van der Waals surface area (Å²) in [6, 6.07) is 27.4. The lowest BCUT2D eigenvalue weighted by Gasteiger charge is -2.24. The van der Waals surface area contributed by atoms with Crippen molar-refractivity contribution in [2.24, 2.45) is 0 Å². The number of unbranched alkanes of at least 4 members (excludes halogenated alkanes) is 4. The standard InChI is InChI=1S/C59H66N8O14S/c68-39-20-23-42-48(34-39)81-49-35-40(69)21-24-43(49)53(42)41-22-19-38(33-44(41)56(76)77)64-59(82)63-30-29-61-54(74)46(31-36-13-6-4-7-14-36)66-55(75)47(32-37-15-8-5-9-16-37)65-51(71)17-10-2-1-3-11-27-60-50(70)26-25-45(57(78)79)67-58(80)62-28-12-18-52(72)73/h4-9,13-16,19-24,33-35,45-47,68H,1-3,10-12,17-18,25-32H2,(H,60,70)(H,61,74)(H,65,71)(H,66,75)(H,72,73)(H,76,77)(H,78,79)(H2,62,67,80)(H2,63,64,82)/t45-,46-,47-/m0/s1. The highest BCUT2D eigenvalue weighted by molar-refractivity contribution is 7.80. The van der Waals surface area contributed by atoms with Crippen LogP contribution in [0.5, 0.6) is 5.75 Å². The van der Waals surface area contributed by atoms with Gasteiger partial charge in [0.25, 0.3) is 0 Å². The Morgan fingerprint density at radius 2 is 1.20 bits per heavy atom. The smallest absolute Gasteiger partial charge is 0.336 e. The van der Waals surface area contributed by atoms with Crippen LogP contribution < -0.4 is 48.0 Å². The molecule has 2 aliphatic rings. The molecule has 432 valence electrons. The van der Waals surface area contributed by atoms with Crippen LogP contribution >= 0.6 is 12.2 Å². The number of carbonyl (C=O) groups is 8. The maximum absolute atomic E-state index is 14.1. The van der Waals surface area contributed by atoms with Gasteiger partial charge in [0.1, 0.15) is 35.2 Å². The van der Waals surface area contributed by atoms with Gasteiger partial charge in [-0.2, -0.15) is 0 Å². The van der Waals surface area contributed by atoms with Crippen molar-refractivity contribution in [3.63, 3.8) is 0 Å². The van der Waals surface area contributed by atoms with Gasteiger partial charge in [0.15, 0.2) is 10.5 Å². The van der Waals surface area contributed by atoms with Crippen LogP contribution in [0.25, 0.3) is 33.4 Å². The summed E-state index contributed by atoms with van der Waals surface area (Å²) in [4.78, 5) is 113. The lowest BCUT2D eigenvalue weighted by atomic mass is 9.90. The normalized spacial score (nSPS) is 12.0.